The Labute approximate surface area is 195 Å². The summed E-state index contributed by atoms with van der Waals surface area (Å²) in [7, 11) is -4.05. The van der Waals surface area contributed by atoms with Gasteiger partial charge in [-0.2, -0.15) is 0 Å². The van der Waals surface area contributed by atoms with E-state index in [0.717, 1.165) is 0 Å². The van der Waals surface area contributed by atoms with E-state index < -0.39 is 37.1 Å². The molecule has 0 saturated heterocycles. The molecule has 180 valence electrons. The summed E-state index contributed by atoms with van der Waals surface area (Å²) in [4.78, 5) is 25.7. The first kappa shape index (κ1) is 26.6. The van der Waals surface area contributed by atoms with E-state index in [2.05, 4.69) is 5.32 Å². The van der Waals surface area contributed by atoms with Crippen molar-refractivity contribution in [2.24, 2.45) is 0 Å². The van der Waals surface area contributed by atoms with Gasteiger partial charge in [0.1, 0.15) is 11.6 Å². The maximum Gasteiger partial charge on any atom is 0.408 e. The number of nitrogens with one attached hydrogen (secondary N) is 1. The first-order valence-corrected chi connectivity index (χ1v) is 12.4. The number of rotatable bonds is 10. The third kappa shape index (κ3) is 8.00. The molecule has 1 amide bonds. The summed E-state index contributed by atoms with van der Waals surface area (Å²) in [6.45, 7) is 8.57. The number of alkyl carbamates (subject to hydrolysis) is 1. The van der Waals surface area contributed by atoms with Crippen LogP contribution in [0, 0.1) is 0 Å². The molecule has 0 aromatic heterocycles. The van der Waals surface area contributed by atoms with Crippen molar-refractivity contribution in [2.45, 2.75) is 52.1 Å². The normalized spacial score (nSPS) is 13.6. The van der Waals surface area contributed by atoms with E-state index in [1.807, 2.05) is 0 Å². The molecule has 2 atom stereocenters. The lowest BCUT2D eigenvalue weighted by Crippen LogP contribution is -2.41. The molecular formula is C24H32NO7P. The SMILES string of the molecule is CCOP(=O)(OCC)[C@@H](OC(=O)c1ccccc1)[C@@H](NC(=O)OC(C)(C)C)c1ccccc1. The minimum absolute atomic E-state index is 0.0462. The van der Waals surface area contributed by atoms with Crippen molar-refractivity contribution in [3.05, 3.63) is 71.8 Å². The lowest BCUT2D eigenvalue weighted by atomic mass is 10.1. The van der Waals surface area contributed by atoms with Crippen LogP contribution in [0.25, 0.3) is 0 Å². The summed E-state index contributed by atoms with van der Waals surface area (Å²) in [5.41, 5.74) is 0.0189. The van der Waals surface area contributed by atoms with E-state index in [0.29, 0.717) is 5.56 Å². The summed E-state index contributed by atoms with van der Waals surface area (Å²) in [6.07, 6.45) is -0.767. The Morgan fingerprint density at radius 2 is 1.42 bits per heavy atom. The van der Waals surface area contributed by atoms with Crippen LogP contribution in [0.1, 0.15) is 56.6 Å². The average molecular weight is 477 g/mol. The monoisotopic (exact) mass is 477 g/mol. The number of esters is 1. The molecule has 2 aromatic rings. The highest BCUT2D eigenvalue weighted by atomic mass is 31.2. The van der Waals surface area contributed by atoms with Crippen LogP contribution in [0.5, 0.6) is 0 Å². The zero-order chi connectivity index (χ0) is 24.5. The molecule has 0 aliphatic carbocycles. The quantitative estimate of drug-likeness (QED) is 0.346. The molecule has 0 aliphatic heterocycles. The molecule has 33 heavy (non-hydrogen) atoms. The zero-order valence-corrected chi connectivity index (χ0v) is 20.5. The summed E-state index contributed by atoms with van der Waals surface area (Å²) in [5, 5.41) is 2.70. The maximum absolute atomic E-state index is 13.8. The molecular weight excluding hydrogens is 445 g/mol. The lowest BCUT2D eigenvalue weighted by Gasteiger charge is -2.33. The van der Waals surface area contributed by atoms with E-state index in [1.54, 1.807) is 95.3 Å². The average Bonchev–Trinajstić information content (AvgIpc) is 2.76. The number of benzene rings is 2. The molecule has 0 radical (unpaired) electrons. The van der Waals surface area contributed by atoms with Crippen molar-refractivity contribution in [1.29, 1.82) is 0 Å². The summed E-state index contributed by atoms with van der Waals surface area (Å²) >= 11 is 0. The molecule has 0 heterocycles. The van der Waals surface area contributed by atoms with Gasteiger partial charge in [0.15, 0.2) is 0 Å². The molecule has 0 unspecified atom stereocenters. The number of hydrogen-bond donors (Lipinski definition) is 1. The summed E-state index contributed by atoms with van der Waals surface area (Å²) in [5.74, 6) is -2.20. The smallest absolute Gasteiger partial charge is 0.408 e. The standard InChI is InChI=1S/C24H32NO7P/c1-6-29-33(28,30-7-2)22(31-21(26)19-16-12-9-13-17-19)20(18-14-10-8-11-15-18)25-23(27)32-24(3,4)5/h8-17,20,22H,6-7H2,1-5H3,(H,25,27)/t20-,22+/m0/s1. The van der Waals surface area contributed by atoms with Gasteiger partial charge in [-0.15, -0.1) is 0 Å². The van der Waals surface area contributed by atoms with Crippen molar-refractivity contribution in [2.75, 3.05) is 13.2 Å². The Morgan fingerprint density at radius 1 is 0.909 bits per heavy atom. The van der Waals surface area contributed by atoms with Gasteiger partial charge < -0.3 is 23.8 Å². The minimum Gasteiger partial charge on any atom is -0.444 e. The molecule has 0 spiro atoms. The topological polar surface area (TPSA) is 100 Å². The Morgan fingerprint density at radius 3 is 1.91 bits per heavy atom. The van der Waals surface area contributed by atoms with E-state index in [4.69, 9.17) is 18.5 Å². The lowest BCUT2D eigenvalue weighted by molar-refractivity contribution is 0.0224. The molecule has 0 saturated carbocycles. The fraction of sp³-hybridized carbons (Fsp3) is 0.417. The molecule has 2 aromatic carbocycles. The summed E-state index contributed by atoms with van der Waals surface area (Å²) < 4.78 is 36.0. The van der Waals surface area contributed by atoms with Crippen LogP contribution < -0.4 is 5.32 Å². The number of ether oxygens (including phenoxy) is 2. The van der Waals surface area contributed by atoms with Crippen LogP contribution in [-0.2, 0) is 23.1 Å². The molecule has 2 rings (SSSR count). The Balaban J connectivity index is 2.54. The first-order chi connectivity index (χ1) is 15.6. The fourth-order valence-electron chi connectivity index (χ4n) is 3.03. The van der Waals surface area contributed by atoms with Gasteiger partial charge in [0.25, 0.3) is 0 Å². The van der Waals surface area contributed by atoms with Crippen LogP contribution in [-0.4, -0.2) is 36.7 Å². The van der Waals surface area contributed by atoms with Crippen LogP contribution in [0.2, 0.25) is 0 Å². The second-order valence-electron chi connectivity index (χ2n) is 8.07. The van der Waals surface area contributed by atoms with Crippen LogP contribution in [0.3, 0.4) is 0 Å². The van der Waals surface area contributed by atoms with Gasteiger partial charge in [-0.05, 0) is 52.3 Å². The highest BCUT2D eigenvalue weighted by Crippen LogP contribution is 2.57. The highest BCUT2D eigenvalue weighted by molar-refractivity contribution is 7.54. The predicted molar refractivity (Wildman–Crippen MR) is 125 cm³/mol. The van der Waals surface area contributed by atoms with Crippen LogP contribution in [0.15, 0.2) is 60.7 Å². The third-order valence-corrected chi connectivity index (χ3v) is 6.55. The van der Waals surface area contributed by atoms with Gasteiger partial charge in [-0.3, -0.25) is 4.57 Å². The fourth-order valence-corrected chi connectivity index (χ4v) is 4.95. The Hall–Kier alpha value is -2.67. The Kier molecular flexibility index (Phi) is 9.65. The third-order valence-electron chi connectivity index (χ3n) is 4.28. The van der Waals surface area contributed by atoms with E-state index in [9.17, 15) is 14.2 Å². The molecule has 8 nitrogen and oxygen atoms in total. The van der Waals surface area contributed by atoms with E-state index in [-0.39, 0.29) is 18.8 Å². The van der Waals surface area contributed by atoms with Gasteiger partial charge in [0.2, 0.25) is 5.85 Å². The van der Waals surface area contributed by atoms with Gasteiger partial charge in [-0.25, -0.2) is 9.59 Å². The maximum atomic E-state index is 13.8. The van der Waals surface area contributed by atoms with Crippen molar-refractivity contribution >= 4 is 19.7 Å². The van der Waals surface area contributed by atoms with Crippen molar-refractivity contribution in [3.63, 3.8) is 0 Å². The van der Waals surface area contributed by atoms with Crippen molar-refractivity contribution < 1.29 is 32.7 Å². The number of hydrogen-bond acceptors (Lipinski definition) is 7. The second kappa shape index (κ2) is 12.0. The van der Waals surface area contributed by atoms with Crippen LogP contribution in [0.4, 0.5) is 4.79 Å². The predicted octanol–water partition coefficient (Wildman–Crippen LogP) is 5.70. The molecule has 1 N–H and O–H groups in total. The molecule has 0 bridgehead atoms. The van der Waals surface area contributed by atoms with Crippen LogP contribution >= 0.6 is 7.60 Å². The van der Waals surface area contributed by atoms with Crippen molar-refractivity contribution in [1.82, 2.24) is 5.32 Å². The molecule has 9 heteroatoms. The molecule has 0 fully saturated rings. The number of carbonyl (C=O) groups excluding carboxylic acids is 2. The van der Waals surface area contributed by atoms with E-state index in [1.165, 1.54) is 0 Å². The first-order valence-electron chi connectivity index (χ1n) is 10.8. The largest absolute Gasteiger partial charge is 0.444 e. The minimum atomic E-state index is -4.05. The van der Waals surface area contributed by atoms with Gasteiger partial charge >= 0.3 is 19.7 Å². The van der Waals surface area contributed by atoms with Gasteiger partial charge in [-0.1, -0.05) is 48.5 Å². The summed E-state index contributed by atoms with van der Waals surface area (Å²) in [6, 6.07) is 15.9. The van der Waals surface area contributed by atoms with Gasteiger partial charge in [0.05, 0.1) is 18.8 Å². The number of amides is 1. The molecule has 0 aliphatic rings. The number of carbonyl (C=O) groups is 2. The highest BCUT2D eigenvalue weighted by Gasteiger charge is 2.46. The zero-order valence-electron chi connectivity index (χ0n) is 19.6. The van der Waals surface area contributed by atoms with Crippen molar-refractivity contribution in [3.8, 4) is 0 Å². The van der Waals surface area contributed by atoms with E-state index >= 15 is 0 Å². The Bertz CT molecular complexity index is 934. The second-order valence-corrected chi connectivity index (χ2v) is 10.2. The van der Waals surface area contributed by atoms with Gasteiger partial charge in [0, 0.05) is 0 Å².